The SMILES string of the molecule is COc1ccc(C2CC2)c(-c2nc3sc4c(O)c(Cl)ccc4c3c(=O)n2Cc2cnco2)c1. The van der Waals surface area contributed by atoms with Gasteiger partial charge in [-0.2, -0.15) is 0 Å². The molecule has 33 heavy (non-hydrogen) atoms. The predicted molar refractivity (Wildman–Crippen MR) is 128 cm³/mol. The third kappa shape index (κ3) is 3.29. The van der Waals surface area contributed by atoms with E-state index in [1.54, 1.807) is 30.0 Å². The fourth-order valence-electron chi connectivity index (χ4n) is 4.22. The van der Waals surface area contributed by atoms with Gasteiger partial charge in [-0.1, -0.05) is 23.7 Å². The predicted octanol–water partition coefficient (Wildman–Crippen LogP) is 5.56. The molecular weight excluding hydrogens is 462 g/mol. The molecule has 6 rings (SSSR count). The molecular formula is C24H18ClN3O4S. The molecule has 0 aliphatic heterocycles. The van der Waals surface area contributed by atoms with E-state index in [4.69, 9.17) is 25.7 Å². The van der Waals surface area contributed by atoms with Gasteiger partial charge in [-0.15, -0.1) is 11.3 Å². The number of aromatic hydroxyl groups is 1. The van der Waals surface area contributed by atoms with Gasteiger partial charge in [0, 0.05) is 10.9 Å². The second-order valence-corrected chi connectivity index (χ2v) is 9.48. The van der Waals surface area contributed by atoms with Gasteiger partial charge in [-0.05, 0) is 42.5 Å². The van der Waals surface area contributed by atoms with Gasteiger partial charge in [-0.25, -0.2) is 9.97 Å². The van der Waals surface area contributed by atoms with Crippen molar-refractivity contribution in [3.8, 4) is 22.9 Å². The molecule has 0 bridgehead atoms. The quantitative estimate of drug-likeness (QED) is 0.355. The van der Waals surface area contributed by atoms with Crippen molar-refractivity contribution in [3.05, 3.63) is 69.6 Å². The summed E-state index contributed by atoms with van der Waals surface area (Å²) in [6.07, 6.45) is 5.13. The number of hydrogen-bond acceptors (Lipinski definition) is 7. The molecule has 0 amide bonds. The summed E-state index contributed by atoms with van der Waals surface area (Å²) in [4.78, 5) is 23.4. The molecule has 0 spiro atoms. The zero-order valence-corrected chi connectivity index (χ0v) is 19.1. The number of nitrogens with zero attached hydrogens (tertiary/aromatic N) is 3. The number of benzene rings is 2. The standard InChI is InChI=1S/C24H18ClN3O4S/c1-31-13-4-5-15(12-2-3-12)17(8-13)22-27-23-19(16-6-7-18(25)20(29)21(16)33-23)24(30)28(22)10-14-9-26-11-32-14/h4-9,11-12,29H,2-3,10H2,1H3. The first-order valence-electron chi connectivity index (χ1n) is 10.5. The van der Waals surface area contributed by atoms with E-state index in [2.05, 4.69) is 11.1 Å². The van der Waals surface area contributed by atoms with Gasteiger partial charge in [0.1, 0.15) is 22.2 Å². The topological polar surface area (TPSA) is 90.4 Å². The summed E-state index contributed by atoms with van der Waals surface area (Å²) in [5, 5.41) is 11.8. The minimum Gasteiger partial charge on any atom is -0.505 e. The molecule has 2 aromatic carbocycles. The molecule has 3 aromatic heterocycles. The molecule has 166 valence electrons. The van der Waals surface area contributed by atoms with E-state index in [-0.39, 0.29) is 22.9 Å². The Morgan fingerprint density at radius 2 is 2.15 bits per heavy atom. The molecule has 9 heteroatoms. The third-order valence-electron chi connectivity index (χ3n) is 6.00. The van der Waals surface area contributed by atoms with Gasteiger partial charge in [0.05, 0.1) is 35.0 Å². The maximum absolute atomic E-state index is 13.9. The highest BCUT2D eigenvalue weighted by atomic mass is 35.5. The van der Waals surface area contributed by atoms with Crippen LogP contribution in [0.5, 0.6) is 11.5 Å². The summed E-state index contributed by atoms with van der Waals surface area (Å²) in [5.74, 6) is 2.15. The van der Waals surface area contributed by atoms with E-state index in [0.29, 0.717) is 43.6 Å². The first-order valence-corrected chi connectivity index (χ1v) is 11.6. The molecule has 1 fully saturated rings. The zero-order chi connectivity index (χ0) is 22.7. The number of phenols is 1. The monoisotopic (exact) mass is 479 g/mol. The van der Waals surface area contributed by atoms with Crippen molar-refractivity contribution in [1.29, 1.82) is 0 Å². The van der Waals surface area contributed by atoms with Crippen molar-refractivity contribution in [2.75, 3.05) is 7.11 Å². The van der Waals surface area contributed by atoms with Crippen molar-refractivity contribution in [2.24, 2.45) is 0 Å². The van der Waals surface area contributed by atoms with Gasteiger partial charge in [-0.3, -0.25) is 9.36 Å². The van der Waals surface area contributed by atoms with Crippen LogP contribution in [0, 0.1) is 0 Å². The lowest BCUT2D eigenvalue weighted by atomic mass is 10.0. The van der Waals surface area contributed by atoms with Crippen LogP contribution in [0.1, 0.15) is 30.1 Å². The summed E-state index contributed by atoms with van der Waals surface area (Å²) < 4.78 is 13.1. The lowest BCUT2D eigenvalue weighted by Gasteiger charge is -2.15. The smallest absolute Gasteiger partial charge is 0.263 e. The Bertz CT molecular complexity index is 1590. The Morgan fingerprint density at radius 3 is 2.88 bits per heavy atom. The fourth-order valence-corrected chi connectivity index (χ4v) is 5.54. The fraction of sp³-hybridized carbons (Fsp3) is 0.208. The summed E-state index contributed by atoms with van der Waals surface area (Å²) in [6, 6.07) is 9.26. The second kappa shape index (κ2) is 7.60. The van der Waals surface area contributed by atoms with Crippen molar-refractivity contribution < 1.29 is 14.3 Å². The highest BCUT2D eigenvalue weighted by Crippen LogP contribution is 2.46. The van der Waals surface area contributed by atoms with Gasteiger partial charge in [0.25, 0.3) is 5.56 Å². The number of ether oxygens (including phenoxy) is 1. The largest absolute Gasteiger partial charge is 0.505 e. The maximum Gasteiger partial charge on any atom is 0.263 e. The molecule has 7 nitrogen and oxygen atoms in total. The average molecular weight is 480 g/mol. The lowest BCUT2D eigenvalue weighted by molar-refractivity contribution is 0.414. The van der Waals surface area contributed by atoms with E-state index in [1.165, 1.54) is 17.7 Å². The van der Waals surface area contributed by atoms with E-state index in [1.807, 2.05) is 12.1 Å². The highest BCUT2D eigenvalue weighted by Gasteiger charge is 2.29. The van der Waals surface area contributed by atoms with Crippen LogP contribution in [0.25, 0.3) is 31.7 Å². The van der Waals surface area contributed by atoms with Gasteiger partial charge in [0.2, 0.25) is 0 Å². The second-order valence-electron chi connectivity index (χ2n) is 8.08. The van der Waals surface area contributed by atoms with Crippen molar-refractivity contribution in [1.82, 2.24) is 14.5 Å². The Morgan fingerprint density at radius 1 is 1.30 bits per heavy atom. The molecule has 1 aliphatic carbocycles. The number of hydrogen-bond donors (Lipinski definition) is 1. The Balaban J connectivity index is 1.70. The summed E-state index contributed by atoms with van der Waals surface area (Å²) in [5.41, 5.74) is 1.78. The molecule has 0 saturated heterocycles. The summed E-state index contributed by atoms with van der Waals surface area (Å²) in [6.45, 7) is 0.176. The van der Waals surface area contributed by atoms with Gasteiger partial charge < -0.3 is 14.3 Å². The molecule has 0 radical (unpaired) electrons. The molecule has 3 heterocycles. The van der Waals surface area contributed by atoms with Gasteiger partial charge in [0.15, 0.2) is 12.1 Å². The van der Waals surface area contributed by atoms with Crippen LogP contribution in [0.15, 0.2) is 52.1 Å². The summed E-state index contributed by atoms with van der Waals surface area (Å²) >= 11 is 7.38. The number of aromatic nitrogens is 3. The van der Waals surface area contributed by atoms with Crippen LogP contribution in [0.3, 0.4) is 0 Å². The van der Waals surface area contributed by atoms with Crippen LogP contribution < -0.4 is 10.3 Å². The number of thiophene rings is 1. The number of fused-ring (bicyclic) bond motifs is 3. The summed E-state index contributed by atoms with van der Waals surface area (Å²) in [7, 11) is 1.62. The van der Waals surface area contributed by atoms with E-state index >= 15 is 0 Å². The van der Waals surface area contributed by atoms with Crippen molar-refractivity contribution in [3.63, 3.8) is 0 Å². The van der Waals surface area contributed by atoms with Crippen LogP contribution in [-0.4, -0.2) is 26.8 Å². The average Bonchev–Trinajstić information content (AvgIpc) is 3.40. The van der Waals surface area contributed by atoms with E-state index < -0.39 is 0 Å². The molecule has 1 N–H and O–H groups in total. The molecule has 1 aliphatic rings. The van der Waals surface area contributed by atoms with Crippen molar-refractivity contribution in [2.45, 2.75) is 25.3 Å². The molecule has 5 aromatic rings. The Labute approximate surface area is 196 Å². The van der Waals surface area contributed by atoms with Crippen LogP contribution in [-0.2, 0) is 6.54 Å². The van der Waals surface area contributed by atoms with Gasteiger partial charge >= 0.3 is 0 Å². The van der Waals surface area contributed by atoms with E-state index in [0.717, 1.165) is 24.0 Å². The number of rotatable bonds is 5. The maximum atomic E-state index is 13.9. The highest BCUT2D eigenvalue weighted by molar-refractivity contribution is 7.25. The number of oxazole rings is 1. The van der Waals surface area contributed by atoms with Crippen molar-refractivity contribution >= 4 is 43.2 Å². The van der Waals surface area contributed by atoms with Crippen LogP contribution >= 0.6 is 22.9 Å². The number of phenolic OH excluding ortho intramolecular Hbond substituents is 1. The first kappa shape index (κ1) is 20.3. The number of halogens is 1. The minimum absolute atomic E-state index is 0.0417. The minimum atomic E-state index is -0.219. The van der Waals surface area contributed by atoms with E-state index in [9.17, 15) is 9.90 Å². The molecule has 1 saturated carbocycles. The number of methoxy groups -OCH3 is 1. The molecule has 0 atom stereocenters. The zero-order valence-electron chi connectivity index (χ0n) is 17.5. The molecule has 0 unspecified atom stereocenters. The van der Waals surface area contributed by atoms with Crippen LogP contribution in [0.4, 0.5) is 0 Å². The Kier molecular flexibility index (Phi) is 4.67. The lowest BCUT2D eigenvalue weighted by Crippen LogP contribution is -2.24. The Hall–Kier alpha value is -3.36. The normalized spacial score (nSPS) is 13.8. The first-order chi connectivity index (χ1) is 16.0. The third-order valence-corrected chi connectivity index (χ3v) is 7.41. The van der Waals surface area contributed by atoms with Crippen LogP contribution in [0.2, 0.25) is 5.02 Å².